The number of nitrogens with one attached hydrogen (secondary N) is 2. The van der Waals surface area contributed by atoms with Crippen molar-refractivity contribution in [2.75, 3.05) is 33.2 Å². The van der Waals surface area contributed by atoms with E-state index in [9.17, 15) is 8.42 Å². The Balaban J connectivity index is 1.82. The summed E-state index contributed by atoms with van der Waals surface area (Å²) < 4.78 is 28.7. The number of piperidine rings is 1. The fourth-order valence-electron chi connectivity index (χ4n) is 2.46. The van der Waals surface area contributed by atoms with Crippen LogP contribution in [0.5, 0.6) is 0 Å². The summed E-state index contributed by atoms with van der Waals surface area (Å²) in [6.45, 7) is 2.49. The Morgan fingerprint density at radius 1 is 1.55 bits per heavy atom. The van der Waals surface area contributed by atoms with Crippen molar-refractivity contribution in [1.82, 2.24) is 19.3 Å². The number of nitrogens with zero attached hydrogens (tertiary/aromatic N) is 2. The van der Waals surface area contributed by atoms with Gasteiger partial charge in [-0.3, -0.25) is 0 Å². The molecule has 1 aromatic heterocycles. The topological polar surface area (TPSA) is 74.3 Å². The van der Waals surface area contributed by atoms with E-state index in [-0.39, 0.29) is 0 Å². The second kappa shape index (κ2) is 7.46. The van der Waals surface area contributed by atoms with Gasteiger partial charge in [0.2, 0.25) is 0 Å². The van der Waals surface area contributed by atoms with Crippen LogP contribution in [0.25, 0.3) is 0 Å². The zero-order valence-electron chi connectivity index (χ0n) is 11.7. The summed E-state index contributed by atoms with van der Waals surface area (Å²) in [4.78, 5) is 4.15. The van der Waals surface area contributed by atoms with E-state index in [1.54, 1.807) is 21.8 Å². The molecule has 6 nitrogen and oxygen atoms in total. The summed E-state index contributed by atoms with van der Waals surface area (Å²) in [6.07, 6.45) is 4.40. The Morgan fingerprint density at radius 2 is 2.40 bits per heavy atom. The number of rotatable bonds is 7. The monoisotopic (exact) mass is 318 g/mol. The summed E-state index contributed by atoms with van der Waals surface area (Å²) in [6, 6.07) is 0. The van der Waals surface area contributed by atoms with Crippen molar-refractivity contribution in [3.63, 3.8) is 0 Å². The van der Waals surface area contributed by atoms with Gasteiger partial charge in [-0.2, -0.15) is 12.7 Å². The summed E-state index contributed by atoms with van der Waals surface area (Å²) in [5.41, 5.74) is 0. The highest BCUT2D eigenvalue weighted by Crippen LogP contribution is 2.17. The minimum atomic E-state index is -3.36. The molecule has 0 saturated carbocycles. The maximum atomic E-state index is 12.2. The maximum absolute atomic E-state index is 12.2. The van der Waals surface area contributed by atoms with E-state index in [0.29, 0.717) is 32.0 Å². The highest BCUT2D eigenvalue weighted by atomic mass is 32.2. The van der Waals surface area contributed by atoms with Crippen LogP contribution in [0.3, 0.4) is 0 Å². The molecule has 2 rings (SSSR count). The summed E-state index contributed by atoms with van der Waals surface area (Å²) >= 11 is 1.55. The highest BCUT2D eigenvalue weighted by Gasteiger charge is 2.28. The van der Waals surface area contributed by atoms with Gasteiger partial charge in [-0.25, -0.2) is 9.71 Å². The first kappa shape index (κ1) is 15.8. The molecule has 1 aliphatic heterocycles. The van der Waals surface area contributed by atoms with E-state index in [2.05, 4.69) is 15.0 Å². The normalized spacial score (nSPS) is 21.1. The van der Waals surface area contributed by atoms with Crippen molar-refractivity contribution in [1.29, 1.82) is 0 Å². The molecule has 8 heteroatoms. The molecule has 0 spiro atoms. The average Bonchev–Trinajstić information content (AvgIpc) is 2.92. The minimum Gasteiger partial charge on any atom is -0.319 e. The van der Waals surface area contributed by atoms with Crippen LogP contribution in [-0.4, -0.2) is 50.9 Å². The van der Waals surface area contributed by atoms with Gasteiger partial charge in [-0.1, -0.05) is 0 Å². The first-order chi connectivity index (χ1) is 9.62. The molecular weight excluding hydrogens is 296 g/mol. The number of hydrogen-bond donors (Lipinski definition) is 2. The minimum absolute atomic E-state index is 0.406. The standard InChI is InChI=1S/C12H22N4O2S2/c1-13-9-11-3-2-7-16(10-11)20(17,18)15-5-4-12-14-6-8-19-12/h6,8,11,13,15H,2-5,7,9-10H2,1H3. The molecule has 2 N–H and O–H groups in total. The zero-order valence-corrected chi connectivity index (χ0v) is 13.3. The Labute approximate surface area is 124 Å². The molecule has 1 atom stereocenters. The lowest BCUT2D eigenvalue weighted by molar-refractivity contribution is 0.261. The van der Waals surface area contributed by atoms with Gasteiger partial charge in [0.05, 0.1) is 5.01 Å². The van der Waals surface area contributed by atoms with E-state index >= 15 is 0 Å². The van der Waals surface area contributed by atoms with Gasteiger partial charge >= 0.3 is 0 Å². The van der Waals surface area contributed by atoms with Gasteiger partial charge in [0.15, 0.2) is 0 Å². The Bertz CT molecular complexity index is 488. The molecule has 0 amide bonds. The fraction of sp³-hybridized carbons (Fsp3) is 0.750. The largest absolute Gasteiger partial charge is 0.319 e. The lowest BCUT2D eigenvalue weighted by Gasteiger charge is -2.31. The molecule has 0 bridgehead atoms. The summed E-state index contributed by atoms with van der Waals surface area (Å²) in [5, 5.41) is 5.98. The number of hydrogen-bond acceptors (Lipinski definition) is 5. The third-order valence-electron chi connectivity index (χ3n) is 3.42. The SMILES string of the molecule is CNCC1CCCN(S(=O)(=O)NCCc2nccs2)C1. The Kier molecular flexibility index (Phi) is 5.91. The molecule has 1 saturated heterocycles. The van der Waals surface area contributed by atoms with Crippen LogP contribution in [0.2, 0.25) is 0 Å². The predicted molar refractivity (Wildman–Crippen MR) is 81.0 cm³/mol. The third kappa shape index (κ3) is 4.49. The molecular formula is C12H22N4O2S2. The molecule has 20 heavy (non-hydrogen) atoms. The Morgan fingerprint density at radius 3 is 3.10 bits per heavy atom. The van der Waals surface area contributed by atoms with Gasteiger partial charge in [0, 0.05) is 37.6 Å². The predicted octanol–water partition coefficient (Wildman–Crippen LogP) is 0.451. The lowest BCUT2D eigenvalue weighted by Crippen LogP contribution is -2.47. The molecule has 1 fully saturated rings. The van der Waals surface area contributed by atoms with Crippen LogP contribution in [-0.2, 0) is 16.6 Å². The van der Waals surface area contributed by atoms with E-state index in [1.807, 2.05) is 12.4 Å². The molecule has 1 aromatic rings. The highest BCUT2D eigenvalue weighted by molar-refractivity contribution is 7.87. The van der Waals surface area contributed by atoms with Gasteiger partial charge < -0.3 is 5.32 Å². The van der Waals surface area contributed by atoms with E-state index in [1.165, 1.54) is 0 Å². The molecule has 0 radical (unpaired) electrons. The second-order valence-corrected chi connectivity index (χ2v) is 7.73. The van der Waals surface area contributed by atoms with Crippen molar-refractivity contribution >= 4 is 21.5 Å². The number of thiazole rings is 1. The van der Waals surface area contributed by atoms with E-state index < -0.39 is 10.2 Å². The van der Waals surface area contributed by atoms with Crippen molar-refractivity contribution in [3.8, 4) is 0 Å². The molecule has 1 aliphatic rings. The molecule has 1 unspecified atom stereocenters. The summed E-state index contributed by atoms with van der Waals surface area (Å²) in [5.74, 6) is 0.407. The van der Waals surface area contributed by atoms with Crippen LogP contribution < -0.4 is 10.0 Å². The smallest absolute Gasteiger partial charge is 0.279 e. The Hall–Kier alpha value is -0.540. The van der Waals surface area contributed by atoms with Gasteiger partial charge in [-0.15, -0.1) is 11.3 Å². The molecule has 0 aliphatic carbocycles. The van der Waals surface area contributed by atoms with E-state index in [4.69, 9.17) is 0 Å². The van der Waals surface area contributed by atoms with Crippen molar-refractivity contribution < 1.29 is 8.42 Å². The maximum Gasteiger partial charge on any atom is 0.279 e. The zero-order chi connectivity index (χ0) is 14.4. The van der Waals surface area contributed by atoms with Crippen molar-refractivity contribution in [2.24, 2.45) is 5.92 Å². The van der Waals surface area contributed by atoms with Crippen molar-refractivity contribution in [3.05, 3.63) is 16.6 Å². The van der Waals surface area contributed by atoms with E-state index in [0.717, 1.165) is 24.4 Å². The van der Waals surface area contributed by atoms with Gasteiger partial charge in [0.1, 0.15) is 0 Å². The van der Waals surface area contributed by atoms with Crippen LogP contribution in [0.1, 0.15) is 17.8 Å². The first-order valence-electron chi connectivity index (χ1n) is 6.89. The van der Waals surface area contributed by atoms with Gasteiger partial charge in [-0.05, 0) is 32.4 Å². The van der Waals surface area contributed by atoms with Crippen LogP contribution in [0.4, 0.5) is 0 Å². The van der Waals surface area contributed by atoms with Crippen LogP contribution >= 0.6 is 11.3 Å². The summed E-state index contributed by atoms with van der Waals surface area (Å²) in [7, 11) is -1.45. The quantitative estimate of drug-likeness (QED) is 0.765. The molecule has 0 aromatic carbocycles. The second-order valence-electron chi connectivity index (χ2n) is 5.00. The molecule has 2 heterocycles. The molecule has 114 valence electrons. The van der Waals surface area contributed by atoms with Crippen molar-refractivity contribution in [2.45, 2.75) is 19.3 Å². The average molecular weight is 318 g/mol. The first-order valence-corrected chi connectivity index (χ1v) is 9.21. The number of aromatic nitrogens is 1. The fourth-order valence-corrected chi connectivity index (χ4v) is 4.39. The third-order valence-corrected chi connectivity index (χ3v) is 5.84. The van der Waals surface area contributed by atoms with Crippen LogP contribution in [0.15, 0.2) is 11.6 Å². The van der Waals surface area contributed by atoms with Crippen LogP contribution in [0, 0.1) is 5.92 Å². The lowest BCUT2D eigenvalue weighted by atomic mass is 10.00. The van der Waals surface area contributed by atoms with Gasteiger partial charge in [0.25, 0.3) is 10.2 Å².